The quantitative estimate of drug-likeness (QED) is 0.391. The molecule has 0 aliphatic heterocycles. The van der Waals surface area contributed by atoms with Crippen molar-refractivity contribution in [1.29, 1.82) is 5.26 Å². The standard InChI is InChI=1S/C24H31N7O/c1-5-14-31(4)22-20(11-7-6-8-13-27-23(32)18(2)26-3)17-28-24(30-22)29-21-12-9-10-19(15-21)16-25/h9-10,12,15,17-18,26H,5-6,8,13-14H2,1-4H3,(H,27,32)(H,28,29,30)/t18-/m0/s1. The maximum Gasteiger partial charge on any atom is 0.236 e. The minimum Gasteiger partial charge on any atom is -0.358 e. The van der Waals surface area contributed by atoms with Crippen molar-refractivity contribution < 1.29 is 4.79 Å². The van der Waals surface area contributed by atoms with Gasteiger partial charge in [0.15, 0.2) is 0 Å². The summed E-state index contributed by atoms with van der Waals surface area (Å²) in [4.78, 5) is 22.9. The molecule has 2 rings (SSSR count). The van der Waals surface area contributed by atoms with E-state index in [1.54, 1.807) is 25.4 Å². The van der Waals surface area contributed by atoms with Crippen LogP contribution in [0.4, 0.5) is 17.5 Å². The summed E-state index contributed by atoms with van der Waals surface area (Å²) in [5.41, 5.74) is 2.07. The van der Waals surface area contributed by atoms with E-state index in [0.717, 1.165) is 36.5 Å². The summed E-state index contributed by atoms with van der Waals surface area (Å²) in [6.45, 7) is 5.36. The van der Waals surface area contributed by atoms with Crippen molar-refractivity contribution in [2.75, 3.05) is 37.4 Å². The number of amides is 1. The number of benzene rings is 1. The molecule has 0 fully saturated rings. The lowest BCUT2D eigenvalue weighted by Gasteiger charge is -2.19. The number of unbranched alkanes of at least 4 members (excludes halogenated alkanes) is 1. The Morgan fingerprint density at radius 2 is 2.16 bits per heavy atom. The summed E-state index contributed by atoms with van der Waals surface area (Å²) >= 11 is 0. The van der Waals surface area contributed by atoms with Gasteiger partial charge in [-0.2, -0.15) is 10.2 Å². The Morgan fingerprint density at radius 3 is 2.88 bits per heavy atom. The molecule has 8 nitrogen and oxygen atoms in total. The number of rotatable bonds is 10. The zero-order valence-corrected chi connectivity index (χ0v) is 19.2. The monoisotopic (exact) mass is 433 g/mol. The van der Waals surface area contributed by atoms with Crippen LogP contribution < -0.4 is 20.9 Å². The van der Waals surface area contributed by atoms with Crippen LogP contribution in [0.25, 0.3) is 0 Å². The number of nitriles is 1. The number of nitrogens with zero attached hydrogens (tertiary/aromatic N) is 4. The smallest absolute Gasteiger partial charge is 0.236 e. The highest BCUT2D eigenvalue weighted by Gasteiger charge is 2.11. The van der Waals surface area contributed by atoms with Crippen LogP contribution >= 0.6 is 0 Å². The number of anilines is 3. The highest BCUT2D eigenvalue weighted by molar-refractivity contribution is 5.81. The molecule has 0 unspecified atom stereocenters. The van der Waals surface area contributed by atoms with Gasteiger partial charge in [-0.15, -0.1) is 0 Å². The molecule has 0 radical (unpaired) electrons. The third-order valence-corrected chi connectivity index (χ3v) is 4.76. The van der Waals surface area contributed by atoms with Crippen LogP contribution in [0.2, 0.25) is 0 Å². The fraction of sp³-hybridized carbons (Fsp3) is 0.417. The maximum absolute atomic E-state index is 11.8. The first-order valence-corrected chi connectivity index (χ1v) is 10.8. The van der Waals surface area contributed by atoms with Gasteiger partial charge in [-0.05, 0) is 45.0 Å². The van der Waals surface area contributed by atoms with Crippen molar-refractivity contribution in [3.05, 3.63) is 41.6 Å². The Labute approximate surface area is 190 Å². The van der Waals surface area contributed by atoms with E-state index in [9.17, 15) is 4.79 Å². The second-order valence-electron chi connectivity index (χ2n) is 7.38. The molecule has 1 heterocycles. The number of hydrogen-bond donors (Lipinski definition) is 3. The molecule has 32 heavy (non-hydrogen) atoms. The van der Waals surface area contributed by atoms with Crippen LogP contribution in [-0.2, 0) is 4.79 Å². The van der Waals surface area contributed by atoms with E-state index in [-0.39, 0.29) is 11.9 Å². The number of carbonyl (C=O) groups is 1. The number of likely N-dealkylation sites (N-methyl/N-ethyl adjacent to an activating group) is 1. The van der Waals surface area contributed by atoms with E-state index < -0.39 is 0 Å². The lowest BCUT2D eigenvalue weighted by atomic mass is 10.2. The maximum atomic E-state index is 11.8. The summed E-state index contributed by atoms with van der Waals surface area (Å²) in [6.07, 6.45) is 4.12. The first-order chi connectivity index (χ1) is 15.5. The topological polar surface area (TPSA) is 106 Å². The van der Waals surface area contributed by atoms with Crippen molar-refractivity contribution in [3.8, 4) is 17.9 Å². The van der Waals surface area contributed by atoms with E-state index in [0.29, 0.717) is 24.5 Å². The third-order valence-electron chi connectivity index (χ3n) is 4.76. The van der Waals surface area contributed by atoms with Gasteiger partial charge < -0.3 is 20.9 Å². The molecule has 3 N–H and O–H groups in total. The van der Waals surface area contributed by atoms with Gasteiger partial charge in [-0.1, -0.05) is 24.8 Å². The Morgan fingerprint density at radius 1 is 1.34 bits per heavy atom. The van der Waals surface area contributed by atoms with Gasteiger partial charge in [0.05, 0.1) is 29.4 Å². The fourth-order valence-corrected chi connectivity index (χ4v) is 2.88. The lowest BCUT2D eigenvalue weighted by Crippen LogP contribution is -2.40. The molecule has 1 amide bonds. The number of hydrogen-bond acceptors (Lipinski definition) is 7. The summed E-state index contributed by atoms with van der Waals surface area (Å²) < 4.78 is 0. The Kier molecular flexibility index (Phi) is 9.96. The lowest BCUT2D eigenvalue weighted by molar-refractivity contribution is -0.122. The van der Waals surface area contributed by atoms with Gasteiger partial charge in [0.2, 0.25) is 11.9 Å². The van der Waals surface area contributed by atoms with Gasteiger partial charge in [0.25, 0.3) is 0 Å². The Balaban J connectivity index is 2.07. The van der Waals surface area contributed by atoms with Crippen molar-refractivity contribution >= 4 is 23.4 Å². The van der Waals surface area contributed by atoms with Crippen LogP contribution in [-0.4, -0.2) is 49.1 Å². The number of nitrogens with one attached hydrogen (secondary N) is 3. The summed E-state index contributed by atoms with van der Waals surface area (Å²) in [5.74, 6) is 7.52. The zero-order valence-electron chi connectivity index (χ0n) is 19.2. The van der Waals surface area contributed by atoms with Gasteiger partial charge in [0.1, 0.15) is 5.82 Å². The highest BCUT2D eigenvalue weighted by atomic mass is 16.2. The second-order valence-corrected chi connectivity index (χ2v) is 7.38. The van der Waals surface area contributed by atoms with E-state index >= 15 is 0 Å². The second kappa shape index (κ2) is 12.9. The van der Waals surface area contributed by atoms with Crippen LogP contribution in [0.5, 0.6) is 0 Å². The van der Waals surface area contributed by atoms with Crippen LogP contribution in [0.15, 0.2) is 30.5 Å². The largest absolute Gasteiger partial charge is 0.358 e. The molecule has 2 aromatic rings. The molecule has 8 heteroatoms. The predicted molar refractivity (Wildman–Crippen MR) is 128 cm³/mol. The van der Waals surface area contributed by atoms with E-state index in [4.69, 9.17) is 5.26 Å². The van der Waals surface area contributed by atoms with E-state index in [1.807, 2.05) is 26.1 Å². The zero-order chi connectivity index (χ0) is 23.3. The first kappa shape index (κ1) is 24.6. The highest BCUT2D eigenvalue weighted by Crippen LogP contribution is 2.20. The third kappa shape index (κ3) is 7.57. The van der Waals surface area contributed by atoms with Gasteiger partial charge in [-0.25, -0.2) is 4.98 Å². The minimum atomic E-state index is -0.204. The molecule has 1 atom stereocenters. The molecule has 0 spiro atoms. The number of carbonyl (C=O) groups excluding carboxylic acids is 1. The average Bonchev–Trinajstić information content (AvgIpc) is 2.81. The molecule has 0 bridgehead atoms. The molecular formula is C24H31N7O. The first-order valence-electron chi connectivity index (χ1n) is 10.8. The summed E-state index contributed by atoms with van der Waals surface area (Å²) in [6, 6.07) is 9.10. The Hall–Kier alpha value is -3.62. The Bertz CT molecular complexity index is 1000. The molecular weight excluding hydrogens is 402 g/mol. The summed E-state index contributed by atoms with van der Waals surface area (Å²) in [5, 5.41) is 18.0. The molecule has 1 aromatic carbocycles. The summed E-state index contributed by atoms with van der Waals surface area (Å²) in [7, 11) is 3.74. The minimum absolute atomic E-state index is 0.0132. The average molecular weight is 434 g/mol. The van der Waals surface area contributed by atoms with E-state index in [2.05, 4.69) is 55.7 Å². The normalized spacial score (nSPS) is 11.0. The van der Waals surface area contributed by atoms with Crippen LogP contribution in [0.3, 0.4) is 0 Å². The van der Waals surface area contributed by atoms with Gasteiger partial charge in [-0.3, -0.25) is 4.79 Å². The fourth-order valence-electron chi connectivity index (χ4n) is 2.88. The molecule has 0 aliphatic carbocycles. The number of aromatic nitrogens is 2. The van der Waals surface area contributed by atoms with Crippen molar-refractivity contribution in [2.24, 2.45) is 0 Å². The van der Waals surface area contributed by atoms with E-state index in [1.165, 1.54) is 0 Å². The SMILES string of the molecule is CCCN(C)c1nc(Nc2cccc(C#N)c2)ncc1C#CCCCNC(=O)[C@H](C)NC. The van der Waals surface area contributed by atoms with Crippen molar-refractivity contribution in [2.45, 2.75) is 39.2 Å². The molecule has 1 aromatic heterocycles. The molecule has 0 saturated carbocycles. The van der Waals surface area contributed by atoms with Crippen molar-refractivity contribution in [1.82, 2.24) is 20.6 Å². The molecule has 168 valence electrons. The van der Waals surface area contributed by atoms with Crippen LogP contribution in [0, 0.1) is 23.2 Å². The molecule has 0 saturated heterocycles. The van der Waals surface area contributed by atoms with Crippen LogP contribution in [0.1, 0.15) is 44.2 Å². The predicted octanol–water partition coefficient (Wildman–Crippen LogP) is 2.79. The van der Waals surface area contributed by atoms with Gasteiger partial charge in [0, 0.05) is 32.2 Å². The van der Waals surface area contributed by atoms with Crippen molar-refractivity contribution in [3.63, 3.8) is 0 Å². The molecule has 0 aliphatic rings. The van der Waals surface area contributed by atoms with Gasteiger partial charge >= 0.3 is 0 Å².